The quantitative estimate of drug-likeness (QED) is 0.903. The predicted molar refractivity (Wildman–Crippen MR) is 70.3 cm³/mol. The van der Waals surface area contributed by atoms with Crippen molar-refractivity contribution in [3.05, 3.63) is 23.7 Å². The molecular formula is C11H12N2O2S2. The van der Waals surface area contributed by atoms with Crippen LogP contribution in [0.25, 0.3) is 10.2 Å². The zero-order valence-corrected chi connectivity index (χ0v) is 10.7. The summed E-state index contributed by atoms with van der Waals surface area (Å²) >= 11 is 1.59. The molecule has 1 aromatic heterocycles. The van der Waals surface area contributed by atoms with Crippen LogP contribution in [0, 0.1) is 0 Å². The van der Waals surface area contributed by atoms with E-state index in [0.717, 1.165) is 15.9 Å². The van der Waals surface area contributed by atoms with Crippen molar-refractivity contribution in [3.63, 3.8) is 0 Å². The van der Waals surface area contributed by atoms with Crippen molar-refractivity contribution in [2.75, 3.05) is 16.8 Å². The summed E-state index contributed by atoms with van der Waals surface area (Å²) in [6, 6.07) is 5.98. The van der Waals surface area contributed by atoms with Crippen molar-refractivity contribution in [3.8, 4) is 0 Å². The van der Waals surface area contributed by atoms with Gasteiger partial charge in [0, 0.05) is 11.7 Å². The van der Waals surface area contributed by atoms with Gasteiger partial charge in [-0.25, -0.2) is 13.4 Å². The number of benzene rings is 1. The molecule has 1 atom stereocenters. The summed E-state index contributed by atoms with van der Waals surface area (Å²) in [5, 5.41) is 3.28. The Morgan fingerprint density at radius 1 is 1.41 bits per heavy atom. The van der Waals surface area contributed by atoms with Crippen molar-refractivity contribution >= 4 is 37.1 Å². The summed E-state index contributed by atoms with van der Waals surface area (Å²) in [6.07, 6.45) is 0.697. The highest BCUT2D eigenvalue weighted by Gasteiger charge is 2.27. The maximum Gasteiger partial charge on any atom is 0.152 e. The van der Waals surface area contributed by atoms with Gasteiger partial charge in [0.2, 0.25) is 0 Å². The lowest BCUT2D eigenvalue weighted by atomic mass is 10.2. The smallest absolute Gasteiger partial charge is 0.152 e. The lowest BCUT2D eigenvalue weighted by Crippen LogP contribution is -2.20. The average Bonchev–Trinajstić information content (AvgIpc) is 2.84. The molecule has 1 aliphatic rings. The Hall–Kier alpha value is -1.14. The zero-order valence-electron chi connectivity index (χ0n) is 9.09. The third kappa shape index (κ3) is 2.28. The van der Waals surface area contributed by atoms with Gasteiger partial charge in [0.25, 0.3) is 0 Å². The van der Waals surface area contributed by atoms with Gasteiger partial charge in [0.1, 0.15) is 0 Å². The molecule has 1 unspecified atom stereocenters. The van der Waals surface area contributed by atoms with Crippen LogP contribution in [0.15, 0.2) is 23.7 Å². The molecular weight excluding hydrogens is 256 g/mol. The van der Waals surface area contributed by atoms with Gasteiger partial charge in [-0.2, -0.15) is 0 Å². The van der Waals surface area contributed by atoms with E-state index in [4.69, 9.17) is 0 Å². The van der Waals surface area contributed by atoms with E-state index in [9.17, 15) is 8.42 Å². The summed E-state index contributed by atoms with van der Waals surface area (Å²) in [7, 11) is -2.82. The number of hydrogen-bond donors (Lipinski definition) is 1. The van der Waals surface area contributed by atoms with Gasteiger partial charge in [-0.3, -0.25) is 0 Å². The zero-order chi connectivity index (χ0) is 11.9. The summed E-state index contributed by atoms with van der Waals surface area (Å²) in [4.78, 5) is 4.21. The van der Waals surface area contributed by atoms with E-state index in [0.29, 0.717) is 12.2 Å². The molecule has 2 heterocycles. The van der Waals surface area contributed by atoms with E-state index in [1.54, 1.807) is 11.3 Å². The molecule has 0 spiro atoms. The lowest BCUT2D eigenvalue weighted by Gasteiger charge is -2.11. The minimum Gasteiger partial charge on any atom is -0.381 e. The van der Waals surface area contributed by atoms with Gasteiger partial charge in [-0.1, -0.05) is 0 Å². The first-order valence-electron chi connectivity index (χ1n) is 5.43. The highest BCUT2D eigenvalue weighted by Crippen LogP contribution is 2.24. The molecule has 17 heavy (non-hydrogen) atoms. The lowest BCUT2D eigenvalue weighted by molar-refractivity contribution is 0.602. The van der Waals surface area contributed by atoms with Crippen molar-refractivity contribution in [1.82, 2.24) is 4.98 Å². The summed E-state index contributed by atoms with van der Waals surface area (Å²) in [5.41, 5.74) is 3.78. The van der Waals surface area contributed by atoms with Crippen molar-refractivity contribution in [1.29, 1.82) is 0 Å². The second-order valence-corrected chi connectivity index (χ2v) is 7.39. The molecule has 0 saturated carbocycles. The van der Waals surface area contributed by atoms with E-state index in [2.05, 4.69) is 10.3 Å². The maximum absolute atomic E-state index is 11.4. The summed E-state index contributed by atoms with van der Waals surface area (Å²) in [6.45, 7) is 0. The first-order valence-corrected chi connectivity index (χ1v) is 8.13. The van der Waals surface area contributed by atoms with Crippen molar-refractivity contribution in [2.24, 2.45) is 0 Å². The van der Waals surface area contributed by atoms with Gasteiger partial charge in [-0.05, 0) is 24.6 Å². The Balaban J connectivity index is 1.81. The molecule has 1 saturated heterocycles. The Morgan fingerprint density at radius 3 is 3.06 bits per heavy atom. The molecule has 1 aromatic carbocycles. The minimum absolute atomic E-state index is 0.0466. The Bertz CT molecular complexity index is 648. The molecule has 0 aliphatic carbocycles. The topological polar surface area (TPSA) is 59.1 Å². The molecule has 0 amide bonds. The monoisotopic (exact) mass is 268 g/mol. The van der Waals surface area contributed by atoms with Crippen LogP contribution in [0.3, 0.4) is 0 Å². The molecule has 1 N–H and O–H groups in total. The van der Waals surface area contributed by atoms with E-state index < -0.39 is 9.84 Å². The van der Waals surface area contributed by atoms with Crippen molar-refractivity contribution in [2.45, 2.75) is 12.5 Å². The fourth-order valence-electron chi connectivity index (χ4n) is 2.09. The molecule has 4 nitrogen and oxygen atoms in total. The third-order valence-electron chi connectivity index (χ3n) is 2.93. The van der Waals surface area contributed by atoms with Crippen LogP contribution in [-0.4, -0.2) is 30.9 Å². The van der Waals surface area contributed by atoms with Crippen LogP contribution in [0.4, 0.5) is 5.69 Å². The second-order valence-electron chi connectivity index (χ2n) is 4.28. The number of anilines is 1. The van der Waals surface area contributed by atoms with Crippen LogP contribution in [0.1, 0.15) is 6.42 Å². The molecule has 1 fully saturated rings. The highest BCUT2D eigenvalue weighted by molar-refractivity contribution is 7.91. The molecule has 3 rings (SSSR count). The molecule has 6 heteroatoms. The first kappa shape index (κ1) is 11.0. The predicted octanol–water partition coefficient (Wildman–Crippen LogP) is 1.90. The number of thiazole rings is 1. The number of nitrogens with one attached hydrogen (secondary N) is 1. The fraction of sp³-hybridized carbons (Fsp3) is 0.364. The SMILES string of the molecule is O=S1(=O)CCC(Nc2ccc3ncsc3c2)C1. The number of sulfone groups is 1. The first-order chi connectivity index (χ1) is 8.12. The van der Waals surface area contributed by atoms with Crippen LogP contribution < -0.4 is 5.32 Å². The molecule has 0 bridgehead atoms. The molecule has 90 valence electrons. The Kier molecular flexibility index (Phi) is 2.56. The van der Waals surface area contributed by atoms with Crippen LogP contribution in [0.2, 0.25) is 0 Å². The van der Waals surface area contributed by atoms with Gasteiger partial charge < -0.3 is 5.32 Å². The third-order valence-corrected chi connectivity index (χ3v) is 5.49. The fourth-order valence-corrected chi connectivity index (χ4v) is 4.48. The number of aromatic nitrogens is 1. The van der Waals surface area contributed by atoms with Crippen LogP contribution in [-0.2, 0) is 9.84 Å². The van der Waals surface area contributed by atoms with Gasteiger partial charge in [0.15, 0.2) is 9.84 Å². The number of rotatable bonds is 2. The standard InChI is InChI=1S/C11H12N2O2S2/c14-17(15)4-3-9(6-17)13-8-1-2-10-11(5-8)16-7-12-10/h1-2,5,7,9,13H,3-4,6H2. The van der Waals surface area contributed by atoms with Crippen molar-refractivity contribution < 1.29 is 8.42 Å². The van der Waals surface area contributed by atoms with E-state index in [-0.39, 0.29) is 11.8 Å². The molecule has 0 radical (unpaired) electrons. The number of hydrogen-bond acceptors (Lipinski definition) is 5. The van der Waals surface area contributed by atoms with Gasteiger partial charge >= 0.3 is 0 Å². The summed E-state index contributed by atoms with van der Waals surface area (Å²) in [5.74, 6) is 0.543. The average molecular weight is 268 g/mol. The van der Waals surface area contributed by atoms with E-state index >= 15 is 0 Å². The Labute approximate surface area is 104 Å². The highest BCUT2D eigenvalue weighted by atomic mass is 32.2. The largest absolute Gasteiger partial charge is 0.381 e. The minimum atomic E-state index is -2.82. The normalized spacial score (nSPS) is 22.9. The number of nitrogens with zero attached hydrogens (tertiary/aromatic N) is 1. The van der Waals surface area contributed by atoms with E-state index in [1.165, 1.54) is 0 Å². The molecule has 2 aromatic rings. The summed E-state index contributed by atoms with van der Waals surface area (Å²) < 4.78 is 23.8. The van der Waals surface area contributed by atoms with Crippen LogP contribution >= 0.6 is 11.3 Å². The maximum atomic E-state index is 11.4. The second kappa shape index (κ2) is 3.96. The molecule has 1 aliphatic heterocycles. The Morgan fingerprint density at radius 2 is 2.29 bits per heavy atom. The van der Waals surface area contributed by atoms with Crippen LogP contribution in [0.5, 0.6) is 0 Å². The van der Waals surface area contributed by atoms with Gasteiger partial charge in [0.05, 0.1) is 27.2 Å². The van der Waals surface area contributed by atoms with Gasteiger partial charge in [-0.15, -0.1) is 11.3 Å². The number of fused-ring (bicyclic) bond motifs is 1. The van der Waals surface area contributed by atoms with E-state index in [1.807, 2.05) is 23.7 Å².